The number of rotatable bonds is 4. The second-order valence-corrected chi connectivity index (χ2v) is 6.21. The van der Waals surface area contributed by atoms with Crippen molar-refractivity contribution in [2.45, 2.75) is 26.7 Å². The van der Waals surface area contributed by atoms with Crippen LogP contribution in [0.1, 0.15) is 25.2 Å². The first-order valence-corrected chi connectivity index (χ1v) is 9.31. The molecule has 0 radical (unpaired) electrons. The molecule has 3 aromatic rings. The van der Waals surface area contributed by atoms with Crippen molar-refractivity contribution in [2.24, 2.45) is 0 Å². The molecule has 2 heterocycles. The van der Waals surface area contributed by atoms with E-state index < -0.39 is 10.2 Å². The highest BCUT2D eigenvalue weighted by Gasteiger charge is 2.17. The van der Waals surface area contributed by atoms with E-state index in [9.17, 15) is 0 Å². The number of aromatic nitrogens is 3. The number of aryl methyl sites for hydroxylation is 2. The zero-order chi connectivity index (χ0) is 19.2. The number of nitrogens with zero attached hydrogens (tertiary/aromatic N) is 2. The van der Waals surface area contributed by atoms with E-state index in [1.165, 1.54) is 22.5 Å². The Kier molecular flexibility index (Phi) is 6.84. The molecule has 138 valence electrons. The Morgan fingerprint density at radius 1 is 0.885 bits per heavy atom. The number of pyridine rings is 1. The van der Waals surface area contributed by atoms with Crippen LogP contribution >= 0.6 is 0 Å². The second kappa shape index (κ2) is 8.88. The van der Waals surface area contributed by atoms with Gasteiger partial charge in [0.05, 0.1) is 12.3 Å². The Morgan fingerprint density at radius 3 is 1.85 bits per heavy atom. The van der Waals surface area contributed by atoms with Crippen LogP contribution in [0.2, 0.25) is 0 Å². The van der Waals surface area contributed by atoms with Crippen molar-refractivity contribution < 1.29 is 33.4 Å². The molecule has 1 N–H and O–H groups in total. The molecule has 1 aromatic carbocycles. The van der Waals surface area contributed by atoms with Crippen LogP contribution in [0.25, 0.3) is 16.9 Å². The maximum absolute atomic E-state index is 8.49. The minimum atomic E-state index is -4.94. The molecule has 0 atom stereocenters. The molecule has 0 fully saturated rings. The van der Waals surface area contributed by atoms with Crippen molar-refractivity contribution in [3.8, 4) is 16.9 Å². The summed E-state index contributed by atoms with van der Waals surface area (Å²) in [6.45, 7) is 4.38. The lowest BCUT2D eigenvalue weighted by molar-refractivity contribution is -2.00. The van der Waals surface area contributed by atoms with Gasteiger partial charge in [0.2, 0.25) is 0 Å². The highest BCUT2D eigenvalue weighted by Crippen LogP contribution is 2.21. The maximum atomic E-state index is 8.49. The SMILES string of the molecule is CCc1cc(-c2ccccc2)cc(CC)[n+]1-c1ccn[nH]1.[O-][Cl+3]([O-])([O-])[O-]. The molecule has 3 rings (SSSR count). The van der Waals surface area contributed by atoms with Crippen LogP contribution in [-0.4, -0.2) is 10.2 Å². The summed E-state index contributed by atoms with van der Waals surface area (Å²) in [6, 6.07) is 17.1. The van der Waals surface area contributed by atoms with E-state index in [1.54, 1.807) is 6.20 Å². The van der Waals surface area contributed by atoms with Gasteiger partial charge in [0, 0.05) is 12.8 Å². The van der Waals surface area contributed by atoms with Gasteiger partial charge < -0.3 is 0 Å². The van der Waals surface area contributed by atoms with Crippen molar-refractivity contribution in [1.82, 2.24) is 10.2 Å². The van der Waals surface area contributed by atoms with Crippen LogP contribution in [0.3, 0.4) is 0 Å². The zero-order valence-corrected chi connectivity index (χ0v) is 15.3. The third kappa shape index (κ3) is 5.62. The van der Waals surface area contributed by atoms with E-state index in [1.807, 2.05) is 6.07 Å². The number of nitrogens with one attached hydrogen (secondary N) is 1. The van der Waals surface area contributed by atoms with Gasteiger partial charge in [0.25, 0.3) is 0 Å². The predicted octanol–water partition coefficient (Wildman–Crippen LogP) is -1.28. The van der Waals surface area contributed by atoms with Crippen LogP contribution in [0.5, 0.6) is 0 Å². The topological polar surface area (TPSA) is 125 Å². The first-order chi connectivity index (χ1) is 12.3. The van der Waals surface area contributed by atoms with Gasteiger partial charge in [-0.05, 0) is 23.3 Å². The first-order valence-electron chi connectivity index (χ1n) is 8.08. The standard InChI is InChI=1S/C18H20N3.ClHO4/c1-3-16-12-15(14-8-6-5-7-9-14)13-17(4-2)21(16)18-10-11-19-20-18;2-1(3,4)5/h5-13H,3-4H2,1-2H3,(H,19,20);(H,2,3,4,5)/q+1;/p-1. The largest absolute Gasteiger partial charge is 0.306 e. The van der Waals surface area contributed by atoms with Gasteiger partial charge in [-0.3, -0.25) is 0 Å². The Hall–Kier alpha value is -2.29. The van der Waals surface area contributed by atoms with Gasteiger partial charge >= 0.3 is 5.82 Å². The van der Waals surface area contributed by atoms with Crippen molar-refractivity contribution >= 4 is 0 Å². The third-order valence-corrected chi connectivity index (χ3v) is 3.78. The lowest BCUT2D eigenvalue weighted by Crippen LogP contribution is -2.68. The number of aromatic amines is 1. The zero-order valence-electron chi connectivity index (χ0n) is 14.5. The first kappa shape index (κ1) is 20.0. The van der Waals surface area contributed by atoms with E-state index in [0.717, 1.165) is 18.7 Å². The van der Waals surface area contributed by atoms with Crippen molar-refractivity contribution in [3.05, 3.63) is 66.1 Å². The Balaban J connectivity index is 0.000000431. The summed E-state index contributed by atoms with van der Waals surface area (Å²) in [7, 11) is -4.94. The van der Waals surface area contributed by atoms with Crippen LogP contribution < -0.4 is 23.2 Å². The molecule has 0 spiro atoms. The number of H-pyrrole nitrogens is 1. The van der Waals surface area contributed by atoms with Crippen LogP contribution in [-0.2, 0) is 12.8 Å². The molecule has 0 aliphatic carbocycles. The van der Waals surface area contributed by atoms with Crippen LogP contribution in [0.15, 0.2) is 54.7 Å². The molecule has 7 nitrogen and oxygen atoms in total. The van der Waals surface area contributed by atoms with Gasteiger partial charge in [0.1, 0.15) is 11.4 Å². The summed E-state index contributed by atoms with van der Waals surface area (Å²) >= 11 is 0. The molecule has 0 saturated heterocycles. The van der Waals surface area contributed by atoms with Gasteiger partial charge in [0.15, 0.2) is 0 Å². The highest BCUT2D eigenvalue weighted by atomic mass is 35.7. The molecule has 26 heavy (non-hydrogen) atoms. The molecule has 0 aliphatic heterocycles. The van der Waals surface area contributed by atoms with E-state index in [2.05, 4.69) is 71.1 Å². The fourth-order valence-corrected chi connectivity index (χ4v) is 2.71. The maximum Gasteiger partial charge on any atom is 0.306 e. The van der Waals surface area contributed by atoms with Gasteiger partial charge in [-0.15, -0.1) is 15.3 Å². The molecule has 0 aliphatic rings. The molecule has 0 bridgehead atoms. The summed E-state index contributed by atoms with van der Waals surface area (Å²) < 4.78 is 36.2. The summed E-state index contributed by atoms with van der Waals surface area (Å²) in [5, 5.41) is 7.16. The lowest BCUT2D eigenvalue weighted by Gasteiger charge is -2.17. The lowest BCUT2D eigenvalue weighted by atomic mass is 10.0. The normalized spacial score (nSPS) is 11.0. The van der Waals surface area contributed by atoms with Crippen molar-refractivity contribution in [2.75, 3.05) is 0 Å². The van der Waals surface area contributed by atoms with E-state index >= 15 is 0 Å². The number of halogens is 1. The molecule has 2 aromatic heterocycles. The number of hydrogen-bond acceptors (Lipinski definition) is 5. The van der Waals surface area contributed by atoms with Crippen LogP contribution in [0, 0.1) is 10.2 Å². The smallest absolute Gasteiger partial charge is 0.222 e. The number of benzene rings is 1. The number of hydrogen-bond donors (Lipinski definition) is 1. The summed E-state index contributed by atoms with van der Waals surface area (Å²) in [5.41, 5.74) is 5.12. The molecule has 0 amide bonds. The van der Waals surface area contributed by atoms with Gasteiger partial charge in [-0.2, -0.15) is 4.57 Å². The minimum Gasteiger partial charge on any atom is -0.222 e. The average Bonchev–Trinajstić information content (AvgIpc) is 3.14. The van der Waals surface area contributed by atoms with Crippen molar-refractivity contribution in [3.63, 3.8) is 0 Å². The Morgan fingerprint density at radius 2 is 1.42 bits per heavy atom. The van der Waals surface area contributed by atoms with Gasteiger partial charge in [-0.25, -0.2) is 18.6 Å². The quantitative estimate of drug-likeness (QED) is 0.567. The molecule has 0 saturated carbocycles. The summed E-state index contributed by atoms with van der Waals surface area (Å²) in [4.78, 5) is 0. The monoisotopic (exact) mass is 377 g/mol. The van der Waals surface area contributed by atoms with Crippen molar-refractivity contribution in [1.29, 1.82) is 0 Å². The molecule has 0 unspecified atom stereocenters. The van der Waals surface area contributed by atoms with E-state index in [0.29, 0.717) is 0 Å². The average molecular weight is 378 g/mol. The van der Waals surface area contributed by atoms with Crippen LogP contribution in [0.4, 0.5) is 0 Å². The Labute approximate surface area is 153 Å². The highest BCUT2D eigenvalue weighted by molar-refractivity contribution is 5.63. The fraction of sp³-hybridized carbons (Fsp3) is 0.222. The Bertz CT molecular complexity index is 787. The third-order valence-electron chi connectivity index (χ3n) is 3.78. The molecular formula is C18H20ClN3O4. The predicted molar refractivity (Wildman–Crippen MR) is 84.3 cm³/mol. The fourth-order valence-electron chi connectivity index (χ4n) is 2.71. The van der Waals surface area contributed by atoms with E-state index in [-0.39, 0.29) is 0 Å². The summed E-state index contributed by atoms with van der Waals surface area (Å²) in [6.07, 6.45) is 3.76. The molecular weight excluding hydrogens is 358 g/mol. The van der Waals surface area contributed by atoms with Gasteiger partial charge in [-0.1, -0.05) is 49.3 Å². The van der Waals surface area contributed by atoms with E-state index in [4.69, 9.17) is 18.6 Å². The summed E-state index contributed by atoms with van der Waals surface area (Å²) in [5.74, 6) is 1.03. The second-order valence-electron chi connectivity index (χ2n) is 5.46. The molecule has 8 heteroatoms. The minimum absolute atomic E-state index is 0.979.